The molecule has 0 aliphatic carbocycles. The van der Waals surface area contributed by atoms with E-state index < -0.39 is 0 Å². The van der Waals surface area contributed by atoms with Crippen molar-refractivity contribution in [3.8, 4) is 0 Å². The van der Waals surface area contributed by atoms with Crippen LogP contribution in [0.5, 0.6) is 0 Å². The molecule has 1 aromatic carbocycles. The van der Waals surface area contributed by atoms with Gasteiger partial charge in [-0.1, -0.05) is 31.2 Å². The molecule has 108 valence electrons. The van der Waals surface area contributed by atoms with Crippen LogP contribution in [-0.2, 0) is 13.0 Å². The largest absolute Gasteiger partial charge is 0.292 e. The fourth-order valence-electron chi connectivity index (χ4n) is 2.49. The number of fused-ring (bicyclic) bond motifs is 1. The second-order valence-corrected chi connectivity index (χ2v) is 6.38. The molecule has 0 amide bonds. The van der Waals surface area contributed by atoms with Crippen molar-refractivity contribution in [3.63, 3.8) is 0 Å². The van der Waals surface area contributed by atoms with Crippen molar-refractivity contribution in [3.05, 3.63) is 62.5 Å². The molecule has 3 aromatic rings. The molecule has 0 saturated carbocycles. The Bertz CT molecular complexity index is 861. The molecule has 0 aliphatic heterocycles. The van der Waals surface area contributed by atoms with Gasteiger partial charge in [-0.2, -0.15) is 0 Å². The fraction of sp³-hybridized carbons (Fsp3) is 0.294. The van der Waals surface area contributed by atoms with E-state index in [0.29, 0.717) is 6.54 Å². The molecule has 0 N–H and O–H groups in total. The first-order chi connectivity index (χ1) is 10.1. The number of nitrogens with zero attached hydrogens (tertiary/aromatic N) is 2. The zero-order chi connectivity index (χ0) is 15.0. The summed E-state index contributed by atoms with van der Waals surface area (Å²) in [6.07, 6.45) is 0.942. The van der Waals surface area contributed by atoms with Gasteiger partial charge in [-0.15, -0.1) is 11.3 Å². The minimum atomic E-state index is 0.0664. The van der Waals surface area contributed by atoms with Gasteiger partial charge in [0.2, 0.25) is 0 Å². The number of aryl methyl sites for hydroxylation is 3. The summed E-state index contributed by atoms with van der Waals surface area (Å²) in [4.78, 5) is 19.4. The van der Waals surface area contributed by atoms with Gasteiger partial charge in [0.15, 0.2) is 0 Å². The fourth-order valence-corrected chi connectivity index (χ4v) is 3.49. The van der Waals surface area contributed by atoms with Crippen LogP contribution in [0.2, 0.25) is 0 Å². The summed E-state index contributed by atoms with van der Waals surface area (Å²) in [7, 11) is 0. The van der Waals surface area contributed by atoms with E-state index in [1.807, 2.05) is 25.1 Å². The van der Waals surface area contributed by atoms with Crippen LogP contribution in [0.4, 0.5) is 0 Å². The van der Waals surface area contributed by atoms with Crippen LogP contribution in [0, 0.1) is 13.8 Å². The van der Waals surface area contributed by atoms with Crippen LogP contribution in [0.25, 0.3) is 10.2 Å². The summed E-state index contributed by atoms with van der Waals surface area (Å²) in [5.41, 5.74) is 2.43. The first-order valence-corrected chi connectivity index (χ1v) is 7.96. The first kappa shape index (κ1) is 14.0. The van der Waals surface area contributed by atoms with Crippen LogP contribution in [0.1, 0.15) is 28.8 Å². The average molecular weight is 298 g/mol. The molecule has 3 nitrogen and oxygen atoms in total. The van der Waals surface area contributed by atoms with E-state index >= 15 is 0 Å². The molecule has 21 heavy (non-hydrogen) atoms. The quantitative estimate of drug-likeness (QED) is 0.739. The van der Waals surface area contributed by atoms with Crippen LogP contribution < -0.4 is 5.56 Å². The molecule has 0 unspecified atom stereocenters. The van der Waals surface area contributed by atoms with Crippen LogP contribution >= 0.6 is 11.3 Å². The van der Waals surface area contributed by atoms with Crippen LogP contribution in [-0.4, -0.2) is 9.55 Å². The standard InChI is InChI=1S/C17H18N2OS/c1-4-14-9-15-16(21-14)18-12(3)19(17(15)20)10-13-8-6-5-7-11(13)2/h5-9H,4,10H2,1-3H3. The molecule has 0 spiro atoms. The summed E-state index contributed by atoms with van der Waals surface area (Å²) >= 11 is 1.62. The number of rotatable bonds is 3. The number of hydrogen-bond donors (Lipinski definition) is 0. The van der Waals surface area contributed by atoms with Gasteiger partial charge in [0.1, 0.15) is 10.7 Å². The van der Waals surface area contributed by atoms with Gasteiger partial charge in [0.05, 0.1) is 11.9 Å². The van der Waals surface area contributed by atoms with E-state index in [1.165, 1.54) is 10.4 Å². The van der Waals surface area contributed by atoms with Crippen LogP contribution in [0.3, 0.4) is 0 Å². The molecule has 3 rings (SSSR count). The highest BCUT2D eigenvalue weighted by atomic mass is 32.1. The molecule has 0 saturated heterocycles. The Morgan fingerprint density at radius 2 is 2.00 bits per heavy atom. The van der Waals surface area contributed by atoms with E-state index in [-0.39, 0.29) is 5.56 Å². The van der Waals surface area contributed by atoms with E-state index in [2.05, 4.69) is 31.0 Å². The molecule has 2 aromatic heterocycles. The van der Waals surface area contributed by atoms with Gasteiger partial charge < -0.3 is 0 Å². The molecule has 0 radical (unpaired) electrons. The van der Waals surface area contributed by atoms with Gasteiger partial charge in [-0.05, 0) is 37.5 Å². The maximum Gasteiger partial charge on any atom is 0.262 e. The zero-order valence-electron chi connectivity index (χ0n) is 12.5. The minimum absolute atomic E-state index is 0.0664. The van der Waals surface area contributed by atoms with Gasteiger partial charge in [0, 0.05) is 4.88 Å². The molecule has 0 aliphatic rings. The average Bonchev–Trinajstić information content (AvgIpc) is 2.88. The van der Waals surface area contributed by atoms with Crippen molar-refractivity contribution in [2.24, 2.45) is 0 Å². The number of hydrogen-bond acceptors (Lipinski definition) is 3. The van der Waals surface area contributed by atoms with Gasteiger partial charge in [0.25, 0.3) is 5.56 Å². The highest BCUT2D eigenvalue weighted by Crippen LogP contribution is 2.22. The van der Waals surface area contributed by atoms with Crippen LogP contribution in [0.15, 0.2) is 35.1 Å². The SMILES string of the molecule is CCc1cc2c(=O)n(Cc3ccccc3C)c(C)nc2s1. The van der Waals surface area contributed by atoms with Crippen molar-refractivity contribution in [2.45, 2.75) is 33.7 Å². The van der Waals surface area contributed by atoms with Crippen molar-refractivity contribution >= 4 is 21.6 Å². The van der Waals surface area contributed by atoms with Crippen molar-refractivity contribution in [1.82, 2.24) is 9.55 Å². The normalized spacial score (nSPS) is 11.2. The third kappa shape index (κ3) is 2.51. The van der Waals surface area contributed by atoms with Crippen molar-refractivity contribution in [2.75, 3.05) is 0 Å². The summed E-state index contributed by atoms with van der Waals surface area (Å²) < 4.78 is 1.77. The second kappa shape index (κ2) is 5.45. The van der Waals surface area contributed by atoms with Crippen molar-refractivity contribution < 1.29 is 0 Å². The maximum absolute atomic E-state index is 12.7. The zero-order valence-corrected chi connectivity index (χ0v) is 13.3. The number of thiophene rings is 1. The summed E-state index contributed by atoms with van der Waals surface area (Å²) in [5, 5.41) is 0.746. The topological polar surface area (TPSA) is 34.9 Å². The summed E-state index contributed by atoms with van der Waals surface area (Å²) in [5.74, 6) is 0.778. The third-order valence-electron chi connectivity index (χ3n) is 3.83. The van der Waals surface area contributed by atoms with Gasteiger partial charge in [-0.25, -0.2) is 4.98 Å². The molecule has 0 atom stereocenters. The minimum Gasteiger partial charge on any atom is -0.292 e. The molecule has 0 fully saturated rings. The Morgan fingerprint density at radius 1 is 1.24 bits per heavy atom. The Hall–Kier alpha value is -1.94. The van der Waals surface area contributed by atoms with E-state index in [1.54, 1.807) is 15.9 Å². The molecule has 4 heteroatoms. The smallest absolute Gasteiger partial charge is 0.262 e. The Balaban J connectivity index is 2.14. The Kier molecular flexibility index (Phi) is 3.64. The molecular weight excluding hydrogens is 280 g/mol. The Labute approximate surface area is 127 Å². The lowest BCUT2D eigenvalue weighted by atomic mass is 10.1. The lowest BCUT2D eigenvalue weighted by Gasteiger charge is -2.11. The monoisotopic (exact) mass is 298 g/mol. The predicted molar refractivity (Wildman–Crippen MR) is 88.3 cm³/mol. The second-order valence-electron chi connectivity index (χ2n) is 5.26. The Morgan fingerprint density at radius 3 is 2.71 bits per heavy atom. The lowest BCUT2D eigenvalue weighted by molar-refractivity contribution is 0.711. The van der Waals surface area contributed by atoms with E-state index in [4.69, 9.17) is 0 Å². The van der Waals surface area contributed by atoms with E-state index in [9.17, 15) is 4.79 Å². The molecule has 0 bridgehead atoms. The molecule has 2 heterocycles. The third-order valence-corrected chi connectivity index (χ3v) is 5.00. The number of benzene rings is 1. The summed E-state index contributed by atoms with van der Waals surface area (Å²) in [6.45, 7) is 6.66. The van der Waals surface area contributed by atoms with Gasteiger partial charge in [-0.3, -0.25) is 9.36 Å². The highest BCUT2D eigenvalue weighted by Gasteiger charge is 2.12. The highest BCUT2D eigenvalue weighted by molar-refractivity contribution is 7.18. The first-order valence-electron chi connectivity index (χ1n) is 7.14. The number of aromatic nitrogens is 2. The maximum atomic E-state index is 12.7. The van der Waals surface area contributed by atoms with E-state index in [0.717, 1.165) is 28.0 Å². The lowest BCUT2D eigenvalue weighted by Crippen LogP contribution is -2.24. The van der Waals surface area contributed by atoms with Gasteiger partial charge >= 0.3 is 0 Å². The summed E-state index contributed by atoms with van der Waals surface area (Å²) in [6, 6.07) is 10.2. The van der Waals surface area contributed by atoms with Crippen molar-refractivity contribution in [1.29, 1.82) is 0 Å². The molecular formula is C17H18N2OS. The predicted octanol–water partition coefficient (Wildman–Crippen LogP) is 3.69.